The summed E-state index contributed by atoms with van der Waals surface area (Å²) in [6.07, 6.45) is 1.11. The van der Waals surface area contributed by atoms with E-state index in [2.05, 4.69) is 25.7 Å². The van der Waals surface area contributed by atoms with Crippen LogP contribution >= 0.6 is 0 Å². The number of nitrogens with zero attached hydrogens (tertiary/aromatic N) is 1. The standard InChI is InChI=1S/C12H25NO2/c1-6-7-13(11(4)5)9-15-8-12(14)10(2)3/h10-11H,6-9H2,1-5H3. The van der Waals surface area contributed by atoms with Crippen LogP contribution in [0, 0.1) is 5.92 Å². The van der Waals surface area contributed by atoms with E-state index < -0.39 is 0 Å². The van der Waals surface area contributed by atoms with Crippen molar-refractivity contribution in [3.8, 4) is 0 Å². The fourth-order valence-corrected chi connectivity index (χ4v) is 1.19. The van der Waals surface area contributed by atoms with Crippen molar-refractivity contribution in [3.63, 3.8) is 0 Å². The third-order valence-corrected chi connectivity index (χ3v) is 2.39. The fourth-order valence-electron chi connectivity index (χ4n) is 1.19. The molecule has 0 bridgehead atoms. The van der Waals surface area contributed by atoms with Crippen LogP contribution in [0.25, 0.3) is 0 Å². The summed E-state index contributed by atoms with van der Waals surface area (Å²) in [4.78, 5) is 13.5. The SMILES string of the molecule is CCCN(COCC(=O)C(C)C)C(C)C. The van der Waals surface area contributed by atoms with Gasteiger partial charge in [-0.3, -0.25) is 9.69 Å². The zero-order valence-electron chi connectivity index (χ0n) is 10.7. The molecule has 0 spiro atoms. The van der Waals surface area contributed by atoms with Crippen molar-refractivity contribution in [2.45, 2.75) is 47.1 Å². The molecule has 3 nitrogen and oxygen atoms in total. The maximum absolute atomic E-state index is 11.3. The summed E-state index contributed by atoms with van der Waals surface area (Å²) in [6, 6.07) is 0.471. The van der Waals surface area contributed by atoms with Gasteiger partial charge in [0, 0.05) is 18.5 Å². The predicted octanol–water partition coefficient (Wildman–Crippen LogP) is 2.31. The molecule has 0 aromatic rings. The summed E-state index contributed by atoms with van der Waals surface area (Å²) in [5, 5.41) is 0. The van der Waals surface area contributed by atoms with Crippen molar-refractivity contribution >= 4 is 5.78 Å². The van der Waals surface area contributed by atoms with Gasteiger partial charge in [0.15, 0.2) is 5.78 Å². The number of carbonyl (C=O) groups excluding carboxylic acids is 1. The van der Waals surface area contributed by atoms with Gasteiger partial charge in [-0.2, -0.15) is 0 Å². The largest absolute Gasteiger partial charge is 0.358 e. The van der Waals surface area contributed by atoms with Crippen LogP contribution in [0.5, 0.6) is 0 Å². The Morgan fingerprint density at radius 2 is 1.87 bits per heavy atom. The van der Waals surface area contributed by atoms with Gasteiger partial charge in [0.25, 0.3) is 0 Å². The quantitative estimate of drug-likeness (QED) is 0.582. The molecule has 0 heterocycles. The Hall–Kier alpha value is -0.410. The number of ketones is 1. The van der Waals surface area contributed by atoms with Gasteiger partial charge in [-0.05, 0) is 20.3 Å². The molecular formula is C12H25NO2. The first-order chi connectivity index (χ1) is 6.99. The van der Waals surface area contributed by atoms with E-state index in [0.717, 1.165) is 13.0 Å². The highest BCUT2D eigenvalue weighted by atomic mass is 16.5. The zero-order chi connectivity index (χ0) is 11.8. The molecule has 0 fully saturated rings. The van der Waals surface area contributed by atoms with Crippen LogP contribution in [0.15, 0.2) is 0 Å². The van der Waals surface area contributed by atoms with Gasteiger partial charge < -0.3 is 4.74 Å². The lowest BCUT2D eigenvalue weighted by Crippen LogP contribution is -2.34. The van der Waals surface area contributed by atoms with Gasteiger partial charge in [-0.25, -0.2) is 0 Å². The Kier molecular flexibility index (Phi) is 7.61. The number of ether oxygens (including phenoxy) is 1. The van der Waals surface area contributed by atoms with Crippen LogP contribution in [-0.2, 0) is 9.53 Å². The average Bonchev–Trinajstić information content (AvgIpc) is 2.15. The molecule has 0 aromatic heterocycles. The van der Waals surface area contributed by atoms with Gasteiger partial charge in [0.2, 0.25) is 0 Å². The molecule has 0 N–H and O–H groups in total. The van der Waals surface area contributed by atoms with Gasteiger partial charge in [-0.15, -0.1) is 0 Å². The van der Waals surface area contributed by atoms with E-state index in [9.17, 15) is 4.79 Å². The van der Waals surface area contributed by atoms with Gasteiger partial charge >= 0.3 is 0 Å². The molecule has 0 unspecified atom stereocenters. The Bertz CT molecular complexity index is 178. The van der Waals surface area contributed by atoms with Crippen LogP contribution in [0.1, 0.15) is 41.0 Å². The molecule has 0 atom stereocenters. The van der Waals surface area contributed by atoms with Crippen molar-refractivity contribution < 1.29 is 9.53 Å². The van der Waals surface area contributed by atoms with E-state index >= 15 is 0 Å². The highest BCUT2D eigenvalue weighted by Crippen LogP contribution is 2.01. The Morgan fingerprint density at radius 1 is 1.27 bits per heavy atom. The summed E-state index contributed by atoms with van der Waals surface area (Å²) < 4.78 is 5.41. The van der Waals surface area contributed by atoms with E-state index in [1.807, 2.05) is 13.8 Å². The van der Waals surface area contributed by atoms with Gasteiger partial charge in [0.05, 0.1) is 6.73 Å². The smallest absolute Gasteiger partial charge is 0.161 e. The van der Waals surface area contributed by atoms with Crippen LogP contribution < -0.4 is 0 Å². The Balaban J connectivity index is 3.75. The molecule has 3 heteroatoms. The van der Waals surface area contributed by atoms with Gasteiger partial charge in [0.1, 0.15) is 6.61 Å². The van der Waals surface area contributed by atoms with Crippen molar-refractivity contribution in [2.75, 3.05) is 19.9 Å². The first kappa shape index (κ1) is 14.6. The fraction of sp³-hybridized carbons (Fsp3) is 0.917. The Labute approximate surface area is 93.8 Å². The maximum atomic E-state index is 11.3. The van der Waals surface area contributed by atoms with E-state index in [1.54, 1.807) is 0 Å². The molecule has 0 aromatic carbocycles. The third kappa shape index (κ3) is 6.63. The highest BCUT2D eigenvalue weighted by Gasteiger charge is 2.10. The summed E-state index contributed by atoms with van der Waals surface area (Å²) >= 11 is 0. The second-order valence-corrected chi connectivity index (χ2v) is 4.50. The second kappa shape index (κ2) is 7.83. The van der Waals surface area contributed by atoms with Crippen molar-refractivity contribution in [1.82, 2.24) is 4.90 Å². The van der Waals surface area contributed by atoms with Crippen molar-refractivity contribution in [2.24, 2.45) is 5.92 Å². The average molecular weight is 215 g/mol. The first-order valence-corrected chi connectivity index (χ1v) is 5.83. The predicted molar refractivity (Wildman–Crippen MR) is 62.8 cm³/mol. The van der Waals surface area contributed by atoms with Crippen LogP contribution in [0.4, 0.5) is 0 Å². The van der Waals surface area contributed by atoms with Crippen molar-refractivity contribution in [3.05, 3.63) is 0 Å². The second-order valence-electron chi connectivity index (χ2n) is 4.50. The minimum Gasteiger partial charge on any atom is -0.358 e. The van der Waals surface area contributed by atoms with E-state index in [-0.39, 0.29) is 18.3 Å². The summed E-state index contributed by atoms with van der Waals surface area (Å²) in [6.45, 7) is 12.1. The zero-order valence-corrected chi connectivity index (χ0v) is 10.7. The molecule has 0 amide bonds. The lowest BCUT2D eigenvalue weighted by atomic mass is 10.1. The molecular weight excluding hydrogens is 190 g/mol. The lowest BCUT2D eigenvalue weighted by molar-refractivity contribution is -0.128. The number of hydrogen-bond donors (Lipinski definition) is 0. The summed E-state index contributed by atoms with van der Waals surface area (Å²) in [7, 11) is 0. The number of hydrogen-bond acceptors (Lipinski definition) is 3. The minimum atomic E-state index is 0.0728. The number of Topliss-reactive ketones (excluding diaryl/α,β-unsaturated/α-hetero) is 1. The summed E-state index contributed by atoms with van der Waals surface area (Å²) in [5.41, 5.74) is 0. The monoisotopic (exact) mass is 215 g/mol. The molecule has 15 heavy (non-hydrogen) atoms. The maximum Gasteiger partial charge on any atom is 0.161 e. The third-order valence-electron chi connectivity index (χ3n) is 2.39. The van der Waals surface area contributed by atoms with Crippen LogP contribution in [-0.4, -0.2) is 36.6 Å². The normalized spacial score (nSPS) is 11.7. The Morgan fingerprint density at radius 3 is 2.27 bits per heavy atom. The van der Waals surface area contributed by atoms with Crippen LogP contribution in [0.2, 0.25) is 0 Å². The first-order valence-electron chi connectivity index (χ1n) is 5.83. The highest BCUT2D eigenvalue weighted by molar-refractivity contribution is 5.81. The molecule has 0 aliphatic rings. The van der Waals surface area contributed by atoms with E-state index in [4.69, 9.17) is 4.74 Å². The molecule has 0 radical (unpaired) electrons. The molecule has 0 saturated heterocycles. The van der Waals surface area contributed by atoms with Crippen molar-refractivity contribution in [1.29, 1.82) is 0 Å². The number of carbonyl (C=O) groups is 1. The molecule has 0 aliphatic carbocycles. The minimum absolute atomic E-state index is 0.0728. The lowest BCUT2D eigenvalue weighted by Gasteiger charge is -2.25. The van der Waals surface area contributed by atoms with Gasteiger partial charge in [-0.1, -0.05) is 20.8 Å². The number of rotatable bonds is 8. The van der Waals surface area contributed by atoms with E-state index in [0.29, 0.717) is 12.8 Å². The molecule has 0 rings (SSSR count). The molecule has 0 saturated carbocycles. The summed E-state index contributed by atoms with van der Waals surface area (Å²) in [5.74, 6) is 0.249. The van der Waals surface area contributed by atoms with E-state index in [1.165, 1.54) is 0 Å². The van der Waals surface area contributed by atoms with Crippen LogP contribution in [0.3, 0.4) is 0 Å². The molecule has 90 valence electrons. The topological polar surface area (TPSA) is 29.5 Å². The molecule has 0 aliphatic heterocycles.